The number of benzene rings is 1. The number of rotatable bonds is 5. The number of carbonyl (C=O) groups excluding carboxylic acids is 1. The third-order valence-corrected chi connectivity index (χ3v) is 4.06. The average Bonchev–Trinajstić information content (AvgIpc) is 2.55. The summed E-state index contributed by atoms with van der Waals surface area (Å²) in [4.78, 5) is 15.9. The Kier molecular flexibility index (Phi) is 6.07. The lowest BCUT2D eigenvalue weighted by atomic mass is 10.1. The lowest BCUT2D eigenvalue weighted by Crippen LogP contribution is -2.54. The van der Waals surface area contributed by atoms with E-state index in [1.165, 1.54) is 19.2 Å². The first-order valence-corrected chi connectivity index (χ1v) is 8.08. The molecule has 0 radical (unpaired) electrons. The largest absolute Gasteiger partial charge is 0.494 e. The third kappa shape index (κ3) is 4.27. The Hall–Kier alpha value is -1.98. The van der Waals surface area contributed by atoms with Crippen molar-refractivity contribution in [2.75, 3.05) is 38.3 Å². The van der Waals surface area contributed by atoms with Gasteiger partial charge in [-0.3, -0.25) is 0 Å². The molecule has 1 aromatic rings. The van der Waals surface area contributed by atoms with E-state index in [-0.39, 0.29) is 18.0 Å². The summed E-state index contributed by atoms with van der Waals surface area (Å²) in [5.41, 5.74) is 0.848. The number of methoxy groups -OCH3 is 1. The highest BCUT2D eigenvalue weighted by molar-refractivity contribution is 5.68. The van der Waals surface area contributed by atoms with Gasteiger partial charge in [0, 0.05) is 31.7 Å². The number of amides is 1. The zero-order valence-corrected chi connectivity index (χ0v) is 14.0. The van der Waals surface area contributed by atoms with Crippen LogP contribution in [0, 0.1) is 5.82 Å². The maximum Gasteiger partial charge on any atom is 0.409 e. The summed E-state index contributed by atoms with van der Waals surface area (Å²) in [6, 6.07) is 4.63. The minimum absolute atomic E-state index is 0.0989. The van der Waals surface area contributed by atoms with E-state index in [1.807, 2.05) is 6.92 Å². The normalized spacial score (nSPS) is 18.0. The van der Waals surface area contributed by atoms with Gasteiger partial charge in [-0.15, -0.1) is 0 Å². The van der Waals surface area contributed by atoms with E-state index < -0.39 is 0 Å². The van der Waals surface area contributed by atoms with Crippen LogP contribution >= 0.6 is 0 Å². The van der Waals surface area contributed by atoms with Crippen LogP contribution in [0.1, 0.15) is 26.7 Å². The van der Waals surface area contributed by atoms with Gasteiger partial charge in [-0.1, -0.05) is 13.3 Å². The summed E-state index contributed by atoms with van der Waals surface area (Å²) >= 11 is 0. The predicted octanol–water partition coefficient (Wildman–Crippen LogP) is 3.28. The monoisotopic (exact) mass is 324 g/mol. The number of piperazine rings is 1. The van der Waals surface area contributed by atoms with Crippen LogP contribution in [-0.2, 0) is 4.74 Å². The van der Waals surface area contributed by atoms with Gasteiger partial charge >= 0.3 is 6.09 Å². The van der Waals surface area contributed by atoms with Crippen molar-refractivity contribution in [3.05, 3.63) is 24.0 Å². The predicted molar refractivity (Wildman–Crippen MR) is 87.6 cm³/mol. The summed E-state index contributed by atoms with van der Waals surface area (Å²) in [5.74, 6) is 0.187. The lowest BCUT2D eigenvalue weighted by molar-refractivity contribution is 0.0944. The molecule has 1 saturated heterocycles. The number of hydrogen-bond acceptors (Lipinski definition) is 4. The van der Waals surface area contributed by atoms with E-state index >= 15 is 0 Å². The fraction of sp³-hybridized carbons (Fsp3) is 0.588. The number of carbonyl (C=O) groups is 1. The fourth-order valence-corrected chi connectivity index (χ4v) is 2.77. The average molecular weight is 324 g/mol. The molecule has 1 amide bonds. The number of hydrogen-bond donors (Lipinski definition) is 0. The highest BCUT2D eigenvalue weighted by atomic mass is 19.1. The van der Waals surface area contributed by atoms with Gasteiger partial charge < -0.3 is 19.3 Å². The summed E-state index contributed by atoms with van der Waals surface area (Å²) in [5, 5.41) is 0. The zero-order chi connectivity index (χ0) is 16.8. The molecule has 1 atom stereocenters. The van der Waals surface area contributed by atoms with Gasteiger partial charge in [0.25, 0.3) is 0 Å². The van der Waals surface area contributed by atoms with Crippen molar-refractivity contribution < 1.29 is 18.7 Å². The van der Waals surface area contributed by atoms with Crippen LogP contribution in [-0.4, -0.2) is 50.4 Å². The maximum atomic E-state index is 13.3. The van der Waals surface area contributed by atoms with Crippen molar-refractivity contribution in [1.82, 2.24) is 4.90 Å². The number of unbranched alkanes of at least 4 members (excludes halogenated alkanes) is 1. The molecule has 128 valence electrons. The summed E-state index contributed by atoms with van der Waals surface area (Å²) in [6.45, 7) is 6.38. The van der Waals surface area contributed by atoms with Crippen LogP contribution in [0.15, 0.2) is 18.2 Å². The molecule has 0 aromatic heterocycles. The van der Waals surface area contributed by atoms with E-state index in [0.717, 1.165) is 18.5 Å². The minimum Gasteiger partial charge on any atom is -0.494 e. The molecule has 0 unspecified atom stereocenters. The van der Waals surface area contributed by atoms with E-state index in [4.69, 9.17) is 9.47 Å². The van der Waals surface area contributed by atoms with Gasteiger partial charge in [0.05, 0.1) is 19.4 Å². The molecule has 0 aliphatic carbocycles. The van der Waals surface area contributed by atoms with Crippen molar-refractivity contribution in [1.29, 1.82) is 0 Å². The summed E-state index contributed by atoms with van der Waals surface area (Å²) in [7, 11) is 1.53. The van der Waals surface area contributed by atoms with Crippen molar-refractivity contribution in [3.8, 4) is 5.75 Å². The van der Waals surface area contributed by atoms with Gasteiger partial charge in [0.15, 0.2) is 0 Å². The second-order valence-corrected chi connectivity index (χ2v) is 5.77. The maximum absolute atomic E-state index is 13.3. The molecule has 1 aliphatic rings. The molecule has 1 fully saturated rings. The summed E-state index contributed by atoms with van der Waals surface area (Å²) in [6.07, 6.45) is 1.63. The Morgan fingerprint density at radius 1 is 1.39 bits per heavy atom. The topological polar surface area (TPSA) is 42.0 Å². The van der Waals surface area contributed by atoms with E-state index in [9.17, 15) is 9.18 Å². The SMILES string of the molecule is CCCCOC(=O)N1CCN(c2ccc(F)cc2OC)[C@H](C)C1. The first-order valence-electron chi connectivity index (χ1n) is 8.08. The molecule has 0 spiro atoms. The van der Waals surface area contributed by atoms with Gasteiger partial charge in [0.1, 0.15) is 11.6 Å². The van der Waals surface area contributed by atoms with Crippen LogP contribution in [0.25, 0.3) is 0 Å². The molecule has 23 heavy (non-hydrogen) atoms. The molecule has 1 aromatic carbocycles. The molecular weight excluding hydrogens is 299 g/mol. The Labute approximate surface area is 137 Å². The molecule has 5 nitrogen and oxygen atoms in total. The first-order chi connectivity index (χ1) is 11.1. The quantitative estimate of drug-likeness (QED) is 0.780. The Morgan fingerprint density at radius 3 is 2.83 bits per heavy atom. The number of nitrogens with zero attached hydrogens (tertiary/aromatic N) is 2. The molecule has 0 N–H and O–H groups in total. The smallest absolute Gasteiger partial charge is 0.409 e. The van der Waals surface area contributed by atoms with Crippen LogP contribution < -0.4 is 9.64 Å². The Bertz CT molecular complexity index is 539. The highest BCUT2D eigenvalue weighted by Crippen LogP contribution is 2.31. The Morgan fingerprint density at radius 2 is 2.17 bits per heavy atom. The molecule has 2 rings (SSSR count). The number of halogens is 1. The lowest BCUT2D eigenvalue weighted by Gasteiger charge is -2.41. The van der Waals surface area contributed by atoms with Gasteiger partial charge in [-0.05, 0) is 25.5 Å². The molecule has 0 saturated carbocycles. The van der Waals surface area contributed by atoms with E-state index in [2.05, 4.69) is 11.8 Å². The molecule has 1 aliphatic heterocycles. The second-order valence-electron chi connectivity index (χ2n) is 5.77. The van der Waals surface area contributed by atoms with E-state index in [1.54, 1.807) is 11.0 Å². The third-order valence-electron chi connectivity index (χ3n) is 4.06. The molecular formula is C17H25FN2O3. The van der Waals surface area contributed by atoms with Gasteiger partial charge in [-0.25, -0.2) is 9.18 Å². The molecule has 6 heteroatoms. The van der Waals surface area contributed by atoms with Gasteiger partial charge in [0.2, 0.25) is 0 Å². The zero-order valence-electron chi connectivity index (χ0n) is 14.0. The molecule has 1 heterocycles. The fourth-order valence-electron chi connectivity index (χ4n) is 2.77. The van der Waals surface area contributed by atoms with Crippen LogP contribution in [0.4, 0.5) is 14.9 Å². The number of anilines is 1. The first kappa shape index (κ1) is 17.4. The van der Waals surface area contributed by atoms with Crippen LogP contribution in [0.5, 0.6) is 5.75 Å². The van der Waals surface area contributed by atoms with Crippen molar-refractivity contribution >= 4 is 11.8 Å². The van der Waals surface area contributed by atoms with Crippen molar-refractivity contribution in [2.24, 2.45) is 0 Å². The molecule has 0 bridgehead atoms. The highest BCUT2D eigenvalue weighted by Gasteiger charge is 2.29. The van der Waals surface area contributed by atoms with E-state index in [0.29, 0.717) is 32.0 Å². The van der Waals surface area contributed by atoms with Crippen LogP contribution in [0.3, 0.4) is 0 Å². The standard InChI is InChI=1S/C17H25FN2O3/c1-4-5-10-23-17(21)19-8-9-20(13(2)12-19)15-7-6-14(18)11-16(15)22-3/h6-7,11,13H,4-5,8-10,12H2,1-3H3/t13-/m1/s1. The minimum atomic E-state index is -0.323. The second kappa shape index (κ2) is 8.04. The van der Waals surface area contributed by atoms with Gasteiger partial charge in [-0.2, -0.15) is 0 Å². The number of ether oxygens (including phenoxy) is 2. The van der Waals surface area contributed by atoms with Crippen molar-refractivity contribution in [2.45, 2.75) is 32.7 Å². The van der Waals surface area contributed by atoms with Crippen LogP contribution in [0.2, 0.25) is 0 Å². The Balaban J connectivity index is 2.00. The summed E-state index contributed by atoms with van der Waals surface area (Å²) < 4.78 is 23.9. The van der Waals surface area contributed by atoms with Crippen molar-refractivity contribution in [3.63, 3.8) is 0 Å².